The fraction of sp³-hybridized carbons (Fsp3) is 0.600. The average molecular weight is 214 g/mol. The minimum Gasteiger partial charge on any atom is -0.480 e. The number of carboxylic acid groups (broad SMARTS) is 1. The molecule has 0 aliphatic carbocycles. The Morgan fingerprint density at radius 1 is 1.53 bits per heavy atom. The van der Waals surface area contributed by atoms with Crippen LogP contribution in [0.5, 0.6) is 0 Å². The van der Waals surface area contributed by atoms with Gasteiger partial charge in [-0.3, -0.25) is 0 Å². The summed E-state index contributed by atoms with van der Waals surface area (Å²) in [6, 6.07) is -1.11. The SMILES string of the molecule is C#CCC(NC(=O)OC(C)(C)C)[13C](=O)O. The van der Waals surface area contributed by atoms with Crippen LogP contribution in [0.25, 0.3) is 0 Å². The van der Waals surface area contributed by atoms with E-state index in [0.717, 1.165) is 0 Å². The first-order valence-corrected chi connectivity index (χ1v) is 4.42. The van der Waals surface area contributed by atoms with Crippen molar-refractivity contribution in [2.24, 2.45) is 0 Å². The van der Waals surface area contributed by atoms with Gasteiger partial charge >= 0.3 is 12.1 Å². The van der Waals surface area contributed by atoms with Gasteiger partial charge in [0.15, 0.2) is 0 Å². The highest BCUT2D eigenvalue weighted by molar-refractivity contribution is 5.80. The number of hydrogen-bond acceptors (Lipinski definition) is 3. The monoisotopic (exact) mass is 214 g/mol. The zero-order valence-electron chi connectivity index (χ0n) is 9.03. The van der Waals surface area contributed by atoms with Crippen LogP contribution in [0.2, 0.25) is 0 Å². The van der Waals surface area contributed by atoms with E-state index in [2.05, 4.69) is 11.2 Å². The molecular formula is C10H15NO4. The van der Waals surface area contributed by atoms with Crippen molar-refractivity contribution in [3.05, 3.63) is 0 Å². The molecule has 0 spiro atoms. The predicted molar refractivity (Wildman–Crippen MR) is 54.2 cm³/mol. The van der Waals surface area contributed by atoms with Gasteiger partial charge in [-0.1, -0.05) is 0 Å². The minimum atomic E-state index is -1.18. The largest absolute Gasteiger partial charge is 0.480 e. The molecule has 1 atom stereocenters. The molecule has 0 saturated carbocycles. The molecule has 0 heterocycles. The first kappa shape index (κ1) is 13.3. The van der Waals surface area contributed by atoms with Crippen LogP contribution in [-0.2, 0) is 9.53 Å². The van der Waals surface area contributed by atoms with E-state index < -0.39 is 23.7 Å². The van der Waals surface area contributed by atoms with Crippen molar-refractivity contribution in [3.8, 4) is 12.3 Å². The van der Waals surface area contributed by atoms with Gasteiger partial charge in [0.05, 0.1) is 0 Å². The van der Waals surface area contributed by atoms with Crippen molar-refractivity contribution in [2.75, 3.05) is 0 Å². The summed E-state index contributed by atoms with van der Waals surface area (Å²) in [5.41, 5.74) is -0.663. The summed E-state index contributed by atoms with van der Waals surface area (Å²) in [4.78, 5) is 21.8. The number of ether oxygens (including phenoxy) is 1. The lowest BCUT2D eigenvalue weighted by Gasteiger charge is -2.21. The van der Waals surface area contributed by atoms with Crippen LogP contribution in [0.4, 0.5) is 4.79 Å². The molecule has 0 radical (unpaired) electrons. The molecule has 15 heavy (non-hydrogen) atoms. The van der Waals surface area contributed by atoms with Crippen molar-refractivity contribution in [1.82, 2.24) is 5.32 Å². The normalized spacial score (nSPS) is 12.4. The summed E-state index contributed by atoms with van der Waals surface area (Å²) < 4.78 is 4.88. The van der Waals surface area contributed by atoms with Gasteiger partial charge in [-0.15, -0.1) is 12.3 Å². The maximum absolute atomic E-state index is 11.2. The Morgan fingerprint density at radius 2 is 2.07 bits per heavy atom. The molecule has 84 valence electrons. The summed E-state index contributed by atoms with van der Waals surface area (Å²) in [6.07, 6.45) is 4.10. The molecule has 0 fully saturated rings. The number of aliphatic carboxylic acids is 1. The zero-order chi connectivity index (χ0) is 12.1. The number of hydrogen-bond donors (Lipinski definition) is 2. The smallest absolute Gasteiger partial charge is 0.408 e. The van der Waals surface area contributed by atoms with E-state index in [1.165, 1.54) is 0 Å². The van der Waals surface area contributed by atoms with Crippen LogP contribution in [0, 0.1) is 12.3 Å². The fourth-order valence-electron chi connectivity index (χ4n) is 0.768. The minimum absolute atomic E-state index is 0.0748. The predicted octanol–water partition coefficient (Wildman–Crippen LogP) is 0.988. The lowest BCUT2D eigenvalue weighted by atomic mass is 10.2. The van der Waals surface area contributed by atoms with Crippen LogP contribution in [0.15, 0.2) is 0 Å². The van der Waals surface area contributed by atoms with E-state index in [1.54, 1.807) is 20.8 Å². The van der Waals surface area contributed by atoms with Gasteiger partial charge in [-0.2, -0.15) is 0 Å². The van der Waals surface area contributed by atoms with Gasteiger partial charge in [0.1, 0.15) is 11.6 Å². The van der Waals surface area contributed by atoms with Gasteiger partial charge in [0.25, 0.3) is 0 Å². The number of carbonyl (C=O) groups excluding carboxylic acids is 1. The highest BCUT2D eigenvalue weighted by atomic mass is 16.6. The first-order valence-electron chi connectivity index (χ1n) is 4.42. The quantitative estimate of drug-likeness (QED) is 0.542. The van der Waals surface area contributed by atoms with Crippen molar-refractivity contribution in [1.29, 1.82) is 0 Å². The van der Waals surface area contributed by atoms with Crippen molar-refractivity contribution in [2.45, 2.75) is 38.8 Å². The molecule has 5 heteroatoms. The summed E-state index contributed by atoms with van der Waals surface area (Å²) in [7, 11) is 0. The highest BCUT2D eigenvalue weighted by Crippen LogP contribution is 2.07. The van der Waals surface area contributed by atoms with E-state index in [0.29, 0.717) is 0 Å². The van der Waals surface area contributed by atoms with Crippen molar-refractivity contribution >= 4 is 12.1 Å². The molecule has 1 amide bonds. The second kappa shape index (κ2) is 5.25. The Kier molecular flexibility index (Phi) is 4.65. The van der Waals surface area contributed by atoms with Gasteiger partial charge in [0, 0.05) is 6.42 Å². The van der Waals surface area contributed by atoms with Gasteiger partial charge in [-0.05, 0) is 20.8 Å². The maximum atomic E-state index is 11.2. The lowest BCUT2D eigenvalue weighted by molar-refractivity contribution is -0.139. The van der Waals surface area contributed by atoms with E-state index in [1.807, 2.05) is 0 Å². The van der Waals surface area contributed by atoms with Gasteiger partial charge in [-0.25, -0.2) is 9.59 Å². The number of amides is 1. The van der Waals surface area contributed by atoms with Crippen LogP contribution < -0.4 is 5.32 Å². The average Bonchev–Trinajstić information content (AvgIpc) is 1.99. The number of carboxylic acids is 1. The molecular weight excluding hydrogens is 199 g/mol. The Hall–Kier alpha value is -1.70. The molecule has 0 aliphatic rings. The molecule has 0 aromatic rings. The molecule has 0 aliphatic heterocycles. The third-order valence-corrected chi connectivity index (χ3v) is 1.31. The topological polar surface area (TPSA) is 75.6 Å². The van der Waals surface area contributed by atoms with E-state index in [4.69, 9.17) is 16.3 Å². The number of carbonyl (C=O) groups is 2. The summed E-state index contributed by atoms with van der Waals surface area (Å²) in [5, 5.41) is 10.9. The first-order chi connectivity index (χ1) is 6.76. The molecule has 0 bridgehead atoms. The third kappa shape index (κ3) is 6.38. The Morgan fingerprint density at radius 3 is 2.40 bits per heavy atom. The molecule has 2 N–H and O–H groups in total. The maximum Gasteiger partial charge on any atom is 0.408 e. The molecule has 0 rings (SSSR count). The van der Waals surface area contributed by atoms with Crippen molar-refractivity contribution in [3.63, 3.8) is 0 Å². The van der Waals surface area contributed by atoms with Crippen LogP contribution in [0.3, 0.4) is 0 Å². The Balaban J connectivity index is 4.25. The Labute approximate surface area is 88.8 Å². The summed E-state index contributed by atoms with van der Waals surface area (Å²) >= 11 is 0. The second-order valence-corrected chi connectivity index (χ2v) is 3.95. The summed E-state index contributed by atoms with van der Waals surface area (Å²) in [5.74, 6) is 0.985. The third-order valence-electron chi connectivity index (χ3n) is 1.31. The van der Waals surface area contributed by atoms with E-state index >= 15 is 0 Å². The van der Waals surface area contributed by atoms with Crippen LogP contribution in [-0.4, -0.2) is 28.8 Å². The number of nitrogens with one attached hydrogen (secondary N) is 1. The number of rotatable bonds is 3. The molecule has 0 aromatic carbocycles. The second-order valence-electron chi connectivity index (χ2n) is 3.95. The molecule has 0 aromatic heterocycles. The fourth-order valence-corrected chi connectivity index (χ4v) is 0.768. The van der Waals surface area contributed by atoms with E-state index in [9.17, 15) is 9.59 Å². The zero-order valence-corrected chi connectivity index (χ0v) is 9.03. The van der Waals surface area contributed by atoms with E-state index in [-0.39, 0.29) is 6.42 Å². The molecule has 5 nitrogen and oxygen atoms in total. The van der Waals surface area contributed by atoms with Gasteiger partial charge < -0.3 is 15.2 Å². The number of terminal acetylenes is 1. The summed E-state index contributed by atoms with van der Waals surface area (Å²) in [6.45, 7) is 5.05. The lowest BCUT2D eigenvalue weighted by Crippen LogP contribution is -2.43. The van der Waals surface area contributed by atoms with Gasteiger partial charge in [0.2, 0.25) is 0 Å². The standard InChI is InChI=1S/C10H15NO4/c1-5-6-7(8(12)13)11-9(14)15-10(2,3)4/h1,7H,6H2,2-4H3,(H,11,14)(H,12,13)/i8+1. The highest BCUT2D eigenvalue weighted by Gasteiger charge is 2.22. The Bertz CT molecular complexity index is 285. The molecule has 0 saturated heterocycles. The van der Waals surface area contributed by atoms with Crippen LogP contribution in [0.1, 0.15) is 27.2 Å². The molecule has 1 unspecified atom stereocenters. The number of alkyl carbamates (subject to hydrolysis) is 1. The van der Waals surface area contributed by atoms with Crippen molar-refractivity contribution < 1.29 is 19.4 Å². The van der Waals surface area contributed by atoms with Crippen LogP contribution >= 0.6 is 0 Å².